The second-order valence-electron chi connectivity index (χ2n) is 11.0. The highest BCUT2D eigenvalue weighted by atomic mass is 35.5. The number of aliphatic hydroxyl groups excluding tert-OH is 2. The number of aromatic amines is 1. The zero-order chi connectivity index (χ0) is 31.6. The van der Waals surface area contributed by atoms with Crippen LogP contribution in [0.3, 0.4) is 0 Å². The molecule has 2 aromatic carbocycles. The molecule has 0 aliphatic carbocycles. The smallest absolute Gasteiger partial charge is 0.309 e. The van der Waals surface area contributed by atoms with Crippen LogP contribution in [0.1, 0.15) is 56.4 Å². The molecule has 2 heterocycles. The van der Waals surface area contributed by atoms with E-state index in [9.17, 15) is 19.5 Å². The molecular weight excluding hydrogens is 572 g/mol. The van der Waals surface area contributed by atoms with Crippen molar-refractivity contribution in [3.63, 3.8) is 0 Å². The molecular formula is C32H41ClN4O6. The second kappa shape index (κ2) is 15.6. The molecule has 11 heteroatoms. The third-order valence-electron chi connectivity index (χ3n) is 6.69. The predicted octanol–water partition coefficient (Wildman–Crippen LogP) is 4.06. The Hall–Kier alpha value is -3.86. The van der Waals surface area contributed by atoms with E-state index in [2.05, 4.69) is 15.6 Å². The van der Waals surface area contributed by atoms with Crippen molar-refractivity contribution >= 4 is 51.2 Å². The fourth-order valence-electron chi connectivity index (χ4n) is 4.64. The number of rotatable bonds is 12. The molecule has 4 aromatic rings. The van der Waals surface area contributed by atoms with Crippen LogP contribution in [0.2, 0.25) is 0 Å². The largest absolute Gasteiger partial charge is 0.444 e. The summed E-state index contributed by atoms with van der Waals surface area (Å²) in [6.07, 6.45) is 5.41. The summed E-state index contributed by atoms with van der Waals surface area (Å²) in [7, 11) is 0. The van der Waals surface area contributed by atoms with E-state index in [0.717, 1.165) is 50.5 Å². The van der Waals surface area contributed by atoms with Gasteiger partial charge in [0.05, 0.1) is 25.2 Å². The number of nitrogens with zero attached hydrogens (tertiary/aromatic N) is 1. The van der Waals surface area contributed by atoms with E-state index in [1.54, 1.807) is 13.8 Å². The van der Waals surface area contributed by atoms with Crippen LogP contribution >= 0.6 is 11.6 Å². The molecule has 0 fully saturated rings. The fourth-order valence-corrected chi connectivity index (χ4v) is 4.74. The van der Waals surface area contributed by atoms with Crippen molar-refractivity contribution in [2.24, 2.45) is 0 Å². The van der Waals surface area contributed by atoms with Crippen LogP contribution in [-0.2, 0) is 51.9 Å². The number of hydrogen-bond donors (Lipinski definition) is 5. The minimum Gasteiger partial charge on any atom is -0.444 e. The first-order chi connectivity index (χ1) is 20.4. The van der Waals surface area contributed by atoms with Crippen molar-refractivity contribution in [3.8, 4) is 0 Å². The molecule has 4 rings (SSSR count). The first-order valence-corrected chi connectivity index (χ1v) is 14.5. The Kier molecular flexibility index (Phi) is 12.2. The lowest BCUT2D eigenvalue weighted by Crippen LogP contribution is -2.22. The van der Waals surface area contributed by atoms with Crippen LogP contribution < -0.4 is 10.6 Å². The summed E-state index contributed by atoms with van der Waals surface area (Å²) in [5.41, 5.74) is 5.83. The maximum Gasteiger partial charge on any atom is 0.309 e. The molecule has 2 amide bonds. The Labute approximate surface area is 256 Å². The number of carbonyl (C=O) groups is 3. The minimum atomic E-state index is -0.643. The third-order valence-corrected chi connectivity index (χ3v) is 6.82. The number of amides is 2. The summed E-state index contributed by atoms with van der Waals surface area (Å²) in [5.74, 6) is -0.457. The molecule has 232 valence electrons. The zero-order valence-corrected chi connectivity index (χ0v) is 25.9. The number of nitrogens with one attached hydrogen (secondary N) is 3. The lowest BCUT2D eigenvalue weighted by Gasteiger charge is -2.14. The van der Waals surface area contributed by atoms with Gasteiger partial charge < -0.3 is 35.1 Å². The van der Waals surface area contributed by atoms with Crippen LogP contribution in [-0.4, -0.2) is 55.5 Å². The van der Waals surface area contributed by atoms with E-state index < -0.39 is 4.87 Å². The van der Waals surface area contributed by atoms with Crippen LogP contribution in [0.25, 0.3) is 21.8 Å². The fraction of sp³-hybridized carbons (Fsp3) is 0.406. The minimum absolute atomic E-state index is 0.0131. The normalized spacial score (nSPS) is 11.2. The van der Waals surface area contributed by atoms with Gasteiger partial charge in [0.15, 0.2) is 6.73 Å². The Morgan fingerprint density at radius 1 is 0.907 bits per heavy atom. The molecule has 0 spiro atoms. The van der Waals surface area contributed by atoms with Gasteiger partial charge in [-0.15, -0.1) is 11.6 Å². The maximum atomic E-state index is 11.9. The van der Waals surface area contributed by atoms with Crippen LogP contribution in [0.15, 0.2) is 48.8 Å². The lowest BCUT2D eigenvalue weighted by atomic mass is 10.1. The molecule has 43 heavy (non-hydrogen) atoms. The highest BCUT2D eigenvalue weighted by Gasteiger charge is 2.20. The number of fused-ring (bicyclic) bond motifs is 2. The van der Waals surface area contributed by atoms with Crippen LogP contribution in [0.4, 0.5) is 0 Å². The van der Waals surface area contributed by atoms with Crippen molar-refractivity contribution < 1.29 is 29.3 Å². The Balaban J connectivity index is 0.000000257. The first-order valence-electron chi connectivity index (χ1n) is 14.1. The van der Waals surface area contributed by atoms with Gasteiger partial charge in [0, 0.05) is 60.5 Å². The summed E-state index contributed by atoms with van der Waals surface area (Å²) in [4.78, 5) is 36.3. The van der Waals surface area contributed by atoms with Crippen molar-refractivity contribution in [2.45, 2.75) is 71.8 Å². The van der Waals surface area contributed by atoms with Gasteiger partial charge in [0.25, 0.3) is 0 Å². The molecule has 0 radical (unpaired) electrons. The van der Waals surface area contributed by atoms with Gasteiger partial charge >= 0.3 is 5.97 Å². The van der Waals surface area contributed by atoms with E-state index in [4.69, 9.17) is 21.4 Å². The molecule has 5 N–H and O–H groups in total. The third kappa shape index (κ3) is 10.4. The van der Waals surface area contributed by atoms with Gasteiger partial charge in [0.1, 0.15) is 0 Å². The number of ether oxygens (including phenoxy) is 1. The molecule has 0 unspecified atom stereocenters. The number of aliphatic hydroxyl groups is 2. The molecule has 0 bridgehead atoms. The number of halogens is 1. The second-order valence-corrected chi connectivity index (χ2v) is 12.0. The number of esters is 1. The first kappa shape index (κ1) is 33.6. The van der Waals surface area contributed by atoms with E-state index in [1.165, 1.54) is 13.8 Å². The van der Waals surface area contributed by atoms with Crippen molar-refractivity contribution in [2.75, 3.05) is 13.1 Å². The Bertz CT molecular complexity index is 1550. The van der Waals surface area contributed by atoms with Gasteiger partial charge in [-0.2, -0.15) is 0 Å². The topological polar surface area (TPSA) is 146 Å². The summed E-state index contributed by atoms with van der Waals surface area (Å²) in [6.45, 7) is 7.74. The summed E-state index contributed by atoms with van der Waals surface area (Å²) < 4.78 is 7.19. The molecule has 0 saturated heterocycles. The molecule has 0 aliphatic rings. The van der Waals surface area contributed by atoms with E-state index in [-0.39, 0.29) is 44.1 Å². The van der Waals surface area contributed by atoms with Crippen molar-refractivity contribution in [1.82, 2.24) is 20.2 Å². The van der Waals surface area contributed by atoms with Gasteiger partial charge in [-0.3, -0.25) is 14.4 Å². The predicted molar refractivity (Wildman–Crippen MR) is 167 cm³/mol. The molecule has 0 saturated carbocycles. The van der Waals surface area contributed by atoms with Crippen molar-refractivity contribution in [1.29, 1.82) is 0 Å². The summed E-state index contributed by atoms with van der Waals surface area (Å²) in [6, 6.07) is 11.5. The number of aromatic nitrogens is 2. The number of hydrogen-bond acceptors (Lipinski definition) is 6. The SMILES string of the molecule is CC(=O)NCCc1c[nH]c2ccc(CO)cc12.CC(=O)NCCc1cn(COC(=O)CC(C)(C)Cl)c2ccc(CO)cc12. The zero-order valence-electron chi connectivity index (χ0n) is 25.1. The molecule has 2 aromatic heterocycles. The van der Waals surface area contributed by atoms with Gasteiger partial charge in [-0.05, 0) is 73.2 Å². The summed E-state index contributed by atoms with van der Waals surface area (Å²) >= 11 is 6.06. The number of carbonyl (C=O) groups excluding carboxylic acids is 3. The van der Waals surface area contributed by atoms with E-state index >= 15 is 0 Å². The monoisotopic (exact) mass is 612 g/mol. The Morgan fingerprint density at radius 2 is 1.49 bits per heavy atom. The standard InChI is InChI=1S/C19H25ClN2O4.C13H16N2O2/c1-13(24)21-7-6-15-10-22(12-26-18(25)9-19(2,3)20)17-5-4-14(11-23)8-16(15)17;1-9(17)14-5-4-11-7-15-13-3-2-10(8-16)6-12(11)13/h4-5,8,10,23H,6-7,9,11-12H2,1-3H3,(H,21,24);2-3,6-7,15-16H,4-5,8H2,1H3,(H,14,17). The number of benzene rings is 2. The number of alkyl halides is 1. The molecule has 0 aliphatic heterocycles. The lowest BCUT2D eigenvalue weighted by molar-refractivity contribution is -0.147. The highest BCUT2D eigenvalue weighted by molar-refractivity contribution is 6.24. The maximum absolute atomic E-state index is 11.9. The summed E-state index contributed by atoms with van der Waals surface area (Å²) in [5, 5.41) is 26.1. The average molecular weight is 613 g/mol. The van der Waals surface area contributed by atoms with Crippen molar-refractivity contribution in [3.05, 3.63) is 71.0 Å². The quantitative estimate of drug-likeness (QED) is 0.120. The van der Waals surface area contributed by atoms with Gasteiger partial charge in [-0.25, -0.2) is 0 Å². The number of H-pyrrole nitrogens is 1. The van der Waals surface area contributed by atoms with E-state index in [0.29, 0.717) is 19.5 Å². The van der Waals surface area contributed by atoms with E-state index in [1.807, 2.05) is 53.4 Å². The highest BCUT2D eigenvalue weighted by Crippen LogP contribution is 2.25. The molecule has 0 atom stereocenters. The Morgan fingerprint density at radius 3 is 2.07 bits per heavy atom. The van der Waals surface area contributed by atoms with Crippen LogP contribution in [0.5, 0.6) is 0 Å². The molecule has 10 nitrogen and oxygen atoms in total. The van der Waals surface area contributed by atoms with Gasteiger partial charge in [0.2, 0.25) is 11.8 Å². The van der Waals surface area contributed by atoms with Crippen LogP contribution in [0, 0.1) is 0 Å². The van der Waals surface area contributed by atoms with Gasteiger partial charge in [-0.1, -0.05) is 12.1 Å². The average Bonchev–Trinajstić information content (AvgIpc) is 3.51.